The van der Waals surface area contributed by atoms with E-state index < -0.39 is 11.9 Å². The number of benzene rings is 3. The number of nitrogens with one attached hydrogen (secondary N) is 2. The second-order valence-corrected chi connectivity index (χ2v) is 9.34. The summed E-state index contributed by atoms with van der Waals surface area (Å²) in [5.74, 6) is 0.503. The Kier molecular flexibility index (Phi) is 6.82. The van der Waals surface area contributed by atoms with Crippen LogP contribution in [-0.4, -0.2) is 34.0 Å². The van der Waals surface area contributed by atoms with Gasteiger partial charge in [0.05, 0.1) is 16.7 Å². The summed E-state index contributed by atoms with van der Waals surface area (Å²) < 4.78 is 12.1. The molecule has 10 heteroatoms. The first-order valence-corrected chi connectivity index (χ1v) is 12.6. The molecule has 0 saturated carbocycles. The number of carbonyl (C=O) groups excluding carboxylic acids is 2. The van der Waals surface area contributed by atoms with Crippen molar-refractivity contribution in [3.8, 4) is 22.6 Å². The molecule has 9 nitrogen and oxygen atoms in total. The number of imide groups is 1. The van der Waals surface area contributed by atoms with E-state index in [-0.39, 0.29) is 18.1 Å². The molecular formula is C27H24N4O5S. The van der Waals surface area contributed by atoms with Crippen molar-refractivity contribution in [1.82, 2.24) is 14.9 Å². The summed E-state index contributed by atoms with van der Waals surface area (Å²) in [6.07, 6.45) is 0. The van der Waals surface area contributed by atoms with Crippen LogP contribution >= 0.6 is 11.8 Å². The van der Waals surface area contributed by atoms with E-state index in [0.29, 0.717) is 39.8 Å². The molecule has 1 aliphatic rings. The number of hydrogen-bond donors (Lipinski definition) is 2. The monoisotopic (exact) mass is 516 g/mol. The van der Waals surface area contributed by atoms with Crippen LogP contribution in [0.1, 0.15) is 12.5 Å². The van der Waals surface area contributed by atoms with Gasteiger partial charge in [-0.05, 0) is 49.2 Å². The summed E-state index contributed by atoms with van der Waals surface area (Å²) in [6, 6.07) is 18.0. The molecule has 3 aromatic carbocycles. The Labute approximate surface area is 216 Å². The summed E-state index contributed by atoms with van der Waals surface area (Å²) in [5.41, 5.74) is 3.95. The van der Waals surface area contributed by atoms with E-state index in [0.717, 1.165) is 28.5 Å². The summed E-state index contributed by atoms with van der Waals surface area (Å²) in [4.78, 5) is 42.6. The van der Waals surface area contributed by atoms with Crippen molar-refractivity contribution in [2.45, 2.75) is 25.5 Å². The van der Waals surface area contributed by atoms with Gasteiger partial charge < -0.3 is 14.8 Å². The third-order valence-electron chi connectivity index (χ3n) is 5.84. The van der Waals surface area contributed by atoms with Crippen molar-refractivity contribution in [3.63, 3.8) is 0 Å². The van der Waals surface area contributed by atoms with E-state index in [1.807, 2.05) is 56.3 Å². The summed E-state index contributed by atoms with van der Waals surface area (Å²) in [5, 5.41) is 5.80. The van der Waals surface area contributed by atoms with Gasteiger partial charge in [-0.15, -0.1) is 0 Å². The van der Waals surface area contributed by atoms with E-state index in [4.69, 9.17) is 9.47 Å². The van der Waals surface area contributed by atoms with Crippen LogP contribution in [0.3, 0.4) is 0 Å². The molecule has 1 aliphatic heterocycles. The highest BCUT2D eigenvalue weighted by Crippen LogP contribution is 2.34. The number of thioether (sulfide) groups is 1. The average molecular weight is 517 g/mol. The van der Waals surface area contributed by atoms with Crippen LogP contribution in [0, 0.1) is 6.92 Å². The van der Waals surface area contributed by atoms with Crippen molar-refractivity contribution >= 4 is 40.3 Å². The number of aromatic nitrogens is 2. The van der Waals surface area contributed by atoms with Gasteiger partial charge in [0.15, 0.2) is 16.7 Å². The van der Waals surface area contributed by atoms with Gasteiger partial charge in [0.1, 0.15) is 0 Å². The number of urea groups is 1. The highest BCUT2D eigenvalue weighted by molar-refractivity contribution is 7.99. The Morgan fingerprint density at radius 2 is 1.76 bits per heavy atom. The second kappa shape index (κ2) is 10.4. The Balaban J connectivity index is 1.27. The minimum atomic E-state index is -0.674. The Bertz CT molecular complexity index is 1570. The van der Waals surface area contributed by atoms with E-state index >= 15 is 0 Å². The number of ether oxygens (including phenoxy) is 2. The Morgan fingerprint density at radius 3 is 2.54 bits per heavy atom. The molecule has 2 heterocycles. The predicted molar refractivity (Wildman–Crippen MR) is 142 cm³/mol. The number of anilines is 1. The van der Waals surface area contributed by atoms with Gasteiger partial charge >= 0.3 is 6.03 Å². The first-order chi connectivity index (χ1) is 17.9. The van der Waals surface area contributed by atoms with Crippen LogP contribution in [-0.2, 0) is 11.3 Å². The van der Waals surface area contributed by atoms with E-state index in [1.165, 1.54) is 4.57 Å². The first kappa shape index (κ1) is 24.4. The van der Waals surface area contributed by atoms with Crippen LogP contribution in [0.4, 0.5) is 10.5 Å². The fourth-order valence-corrected chi connectivity index (χ4v) is 4.81. The van der Waals surface area contributed by atoms with Gasteiger partial charge in [-0.25, -0.2) is 9.78 Å². The topological polar surface area (TPSA) is 112 Å². The summed E-state index contributed by atoms with van der Waals surface area (Å²) in [7, 11) is 0. The number of rotatable bonds is 6. The maximum Gasteiger partial charge on any atom is 0.325 e. The van der Waals surface area contributed by atoms with Crippen molar-refractivity contribution in [2.75, 3.05) is 17.9 Å². The zero-order valence-electron chi connectivity index (χ0n) is 20.2. The molecule has 3 amide bonds. The van der Waals surface area contributed by atoms with Gasteiger partial charge in [0, 0.05) is 18.3 Å². The number of amides is 3. The van der Waals surface area contributed by atoms with E-state index in [1.54, 1.807) is 18.2 Å². The lowest BCUT2D eigenvalue weighted by Crippen LogP contribution is -2.35. The first-order valence-electron chi connectivity index (χ1n) is 11.7. The quantitative estimate of drug-likeness (QED) is 0.285. The fraction of sp³-hybridized carbons (Fsp3) is 0.185. The van der Waals surface area contributed by atoms with Gasteiger partial charge in [0.25, 0.3) is 5.56 Å². The molecule has 0 radical (unpaired) electrons. The van der Waals surface area contributed by atoms with E-state index in [2.05, 4.69) is 15.6 Å². The molecule has 0 unspecified atom stereocenters. The number of aryl methyl sites for hydroxylation is 1. The zero-order chi connectivity index (χ0) is 25.9. The third kappa shape index (κ3) is 5.29. The van der Waals surface area contributed by atoms with Gasteiger partial charge in [-0.2, -0.15) is 0 Å². The normalized spacial score (nSPS) is 11.9. The van der Waals surface area contributed by atoms with Crippen LogP contribution in [0.2, 0.25) is 0 Å². The molecule has 4 aromatic rings. The van der Waals surface area contributed by atoms with Crippen molar-refractivity contribution in [1.29, 1.82) is 0 Å². The molecule has 0 spiro atoms. The van der Waals surface area contributed by atoms with Crippen molar-refractivity contribution in [2.24, 2.45) is 0 Å². The largest absolute Gasteiger partial charge is 0.454 e. The predicted octanol–water partition coefficient (Wildman–Crippen LogP) is 4.56. The standard InChI is InChI=1S/C27H24N4O5S/c1-3-31-25(33)20-12-18(17-6-4-16(2)5-7-17)8-10-21(20)29-27(31)37-14-24(32)30-26(34)28-19-9-11-22-23(13-19)36-15-35-22/h4-13H,3,14-15H2,1-2H3,(H2,28,30,32,34). The second-order valence-electron chi connectivity index (χ2n) is 8.40. The third-order valence-corrected chi connectivity index (χ3v) is 6.81. The lowest BCUT2D eigenvalue weighted by molar-refractivity contribution is -0.117. The summed E-state index contributed by atoms with van der Waals surface area (Å²) >= 11 is 1.10. The summed E-state index contributed by atoms with van der Waals surface area (Å²) in [6.45, 7) is 4.40. The van der Waals surface area contributed by atoms with Gasteiger partial charge in [-0.1, -0.05) is 47.7 Å². The van der Waals surface area contributed by atoms with Crippen LogP contribution in [0.15, 0.2) is 70.6 Å². The molecular weight excluding hydrogens is 492 g/mol. The van der Waals surface area contributed by atoms with Gasteiger partial charge in [0.2, 0.25) is 12.7 Å². The van der Waals surface area contributed by atoms with Crippen molar-refractivity contribution < 1.29 is 19.1 Å². The molecule has 0 saturated heterocycles. The van der Waals surface area contributed by atoms with Crippen LogP contribution in [0.5, 0.6) is 11.5 Å². The molecule has 1 aromatic heterocycles. The minimum absolute atomic E-state index is 0.0893. The molecule has 0 fully saturated rings. The van der Waals surface area contributed by atoms with E-state index in [9.17, 15) is 14.4 Å². The maximum atomic E-state index is 13.3. The number of carbonyl (C=O) groups is 2. The number of hydrogen-bond acceptors (Lipinski definition) is 7. The number of fused-ring (bicyclic) bond motifs is 2. The lowest BCUT2D eigenvalue weighted by atomic mass is 10.0. The SMILES string of the molecule is CCn1c(SCC(=O)NC(=O)Nc2ccc3c(c2)OCO3)nc2ccc(-c3ccc(C)cc3)cc2c1=O. The highest BCUT2D eigenvalue weighted by Gasteiger charge is 2.17. The van der Waals surface area contributed by atoms with Crippen LogP contribution < -0.4 is 25.7 Å². The average Bonchev–Trinajstić information content (AvgIpc) is 3.36. The van der Waals surface area contributed by atoms with Gasteiger partial charge in [-0.3, -0.25) is 19.5 Å². The Morgan fingerprint density at radius 1 is 1.00 bits per heavy atom. The maximum absolute atomic E-state index is 13.3. The van der Waals surface area contributed by atoms with Crippen molar-refractivity contribution in [3.05, 3.63) is 76.6 Å². The molecule has 0 aliphatic carbocycles. The van der Waals surface area contributed by atoms with Crippen LogP contribution in [0.25, 0.3) is 22.0 Å². The smallest absolute Gasteiger partial charge is 0.325 e. The molecule has 0 atom stereocenters. The fourth-order valence-electron chi connectivity index (χ4n) is 3.94. The molecule has 5 rings (SSSR count). The molecule has 37 heavy (non-hydrogen) atoms. The lowest BCUT2D eigenvalue weighted by Gasteiger charge is -2.12. The minimum Gasteiger partial charge on any atom is -0.454 e. The zero-order valence-corrected chi connectivity index (χ0v) is 21.1. The molecule has 0 bridgehead atoms. The Hall–Kier alpha value is -4.31. The highest BCUT2D eigenvalue weighted by atomic mass is 32.2. The molecule has 2 N–H and O–H groups in total. The number of nitrogens with zero attached hydrogens (tertiary/aromatic N) is 2. The molecule has 188 valence electrons.